The number of nitrogens with zero attached hydrogens (tertiary/aromatic N) is 1. The normalized spacial score (nSPS) is 16.7. The average Bonchev–Trinajstić information content (AvgIpc) is 2.44. The van der Waals surface area contributed by atoms with Gasteiger partial charge in [-0.1, -0.05) is 23.7 Å². The number of hydrogen-bond acceptors (Lipinski definition) is 2. The van der Waals surface area contributed by atoms with Crippen LogP contribution in [0, 0.1) is 6.92 Å². The van der Waals surface area contributed by atoms with Crippen molar-refractivity contribution in [1.82, 2.24) is 4.72 Å². The highest BCUT2D eigenvalue weighted by Crippen LogP contribution is 2.36. The molecule has 6 heteroatoms. The smallest absolute Gasteiger partial charge is 0.259 e. The Bertz CT molecular complexity index is 531. The third-order valence-electron chi connectivity index (χ3n) is 2.99. The van der Waals surface area contributed by atoms with Crippen LogP contribution in [0.4, 0.5) is 5.69 Å². The number of anilines is 1. The second kappa shape index (κ2) is 5.30. The summed E-state index contributed by atoms with van der Waals surface area (Å²) in [5, 5.41) is 0.577. The second-order valence-corrected chi connectivity index (χ2v) is 5.38. The molecule has 4 nitrogen and oxygen atoms in total. The molecule has 18 heavy (non-hydrogen) atoms. The third kappa shape index (κ3) is 2.53. The van der Waals surface area contributed by atoms with Crippen molar-refractivity contribution in [3.63, 3.8) is 0 Å². The maximum Gasteiger partial charge on any atom is 0.259 e. The van der Waals surface area contributed by atoms with E-state index in [1.807, 2.05) is 32.2 Å². The molecule has 2 N–H and O–H groups in total. The van der Waals surface area contributed by atoms with Gasteiger partial charge in [0, 0.05) is 19.2 Å². The van der Waals surface area contributed by atoms with Crippen LogP contribution >= 0.6 is 11.6 Å². The molecule has 98 valence electrons. The topological polar surface area (TPSA) is 52.6 Å². The number of aryl methyl sites for hydroxylation is 1. The largest absolute Gasteiger partial charge is 0.373 e. The van der Waals surface area contributed by atoms with Crippen molar-refractivity contribution in [3.8, 4) is 0 Å². The van der Waals surface area contributed by atoms with Crippen LogP contribution in [-0.4, -0.2) is 22.4 Å². The van der Waals surface area contributed by atoms with Crippen LogP contribution < -0.4 is 9.62 Å². The lowest BCUT2D eigenvalue weighted by Crippen LogP contribution is -2.20. The summed E-state index contributed by atoms with van der Waals surface area (Å²) in [6.07, 6.45) is 2.70. The lowest BCUT2D eigenvalue weighted by molar-refractivity contribution is 0.559. The monoisotopic (exact) mass is 286 g/mol. The first-order chi connectivity index (χ1) is 8.50. The van der Waals surface area contributed by atoms with Crippen LogP contribution in [-0.2, 0) is 11.3 Å². The zero-order chi connectivity index (χ0) is 13.3. The fourth-order valence-electron chi connectivity index (χ4n) is 2.22. The van der Waals surface area contributed by atoms with E-state index < -0.39 is 11.3 Å². The van der Waals surface area contributed by atoms with E-state index in [0.29, 0.717) is 10.7 Å². The summed E-state index contributed by atoms with van der Waals surface area (Å²) in [5.74, 6) is 0. The highest BCUT2D eigenvalue weighted by atomic mass is 35.5. The molecule has 2 rings (SSSR count). The lowest BCUT2D eigenvalue weighted by atomic mass is 10.0. The van der Waals surface area contributed by atoms with Crippen LogP contribution in [0.2, 0.25) is 5.02 Å². The Hall–Kier alpha value is -1.04. The minimum Gasteiger partial charge on any atom is -0.373 e. The molecule has 1 aromatic carbocycles. The van der Waals surface area contributed by atoms with E-state index in [0.717, 1.165) is 29.8 Å². The predicted molar refractivity (Wildman–Crippen MR) is 76.0 cm³/mol. The zero-order valence-electron chi connectivity index (χ0n) is 10.2. The molecule has 0 aliphatic carbocycles. The molecule has 1 heterocycles. The van der Waals surface area contributed by atoms with Crippen LogP contribution in [0.3, 0.4) is 0 Å². The van der Waals surface area contributed by atoms with Gasteiger partial charge >= 0.3 is 0 Å². The van der Waals surface area contributed by atoms with E-state index in [-0.39, 0.29) is 0 Å². The Morgan fingerprint density at radius 3 is 2.89 bits per heavy atom. The number of rotatable bonds is 2. The van der Waals surface area contributed by atoms with Crippen LogP contribution in [0.15, 0.2) is 18.2 Å². The van der Waals surface area contributed by atoms with Gasteiger partial charge < -0.3 is 4.90 Å². The maximum absolute atomic E-state index is 11.0. The van der Waals surface area contributed by atoms with Crippen molar-refractivity contribution in [2.75, 3.05) is 18.5 Å². The van der Waals surface area contributed by atoms with E-state index in [1.165, 1.54) is 0 Å². The standard InChI is InChI=1S/C12H15ClN2O2S/c1-8-5-6-9(13)11-10(14-18(16)17)4-3-7-15(2)12(8)11/h4-6,14H,3,7H2,1-2H3,(H,16,17). The van der Waals surface area contributed by atoms with Crippen molar-refractivity contribution in [2.45, 2.75) is 13.3 Å². The summed E-state index contributed by atoms with van der Waals surface area (Å²) in [5.41, 5.74) is 3.50. The third-order valence-corrected chi connectivity index (χ3v) is 3.70. The molecule has 1 unspecified atom stereocenters. The molecule has 1 atom stereocenters. The van der Waals surface area contributed by atoms with Gasteiger partial charge in [-0.2, -0.15) is 0 Å². The Morgan fingerprint density at radius 1 is 1.50 bits per heavy atom. The fraction of sp³-hybridized carbons (Fsp3) is 0.333. The molecule has 0 fully saturated rings. The fourth-order valence-corrected chi connectivity index (χ4v) is 2.85. The Kier molecular flexibility index (Phi) is 3.94. The minimum atomic E-state index is -2.10. The first-order valence-electron chi connectivity index (χ1n) is 5.59. The van der Waals surface area contributed by atoms with Crippen molar-refractivity contribution < 1.29 is 8.76 Å². The van der Waals surface area contributed by atoms with Crippen molar-refractivity contribution in [1.29, 1.82) is 0 Å². The molecule has 0 spiro atoms. The Morgan fingerprint density at radius 2 is 2.22 bits per heavy atom. The maximum atomic E-state index is 11.0. The van der Waals surface area contributed by atoms with Gasteiger partial charge in [-0.15, -0.1) is 0 Å². The molecule has 1 aliphatic heterocycles. The lowest BCUT2D eigenvalue weighted by Gasteiger charge is -2.23. The molecular weight excluding hydrogens is 272 g/mol. The molecule has 1 aromatic rings. The van der Waals surface area contributed by atoms with E-state index in [1.54, 1.807) is 0 Å². The number of hydrogen-bond donors (Lipinski definition) is 2. The van der Waals surface area contributed by atoms with E-state index in [4.69, 9.17) is 16.2 Å². The van der Waals surface area contributed by atoms with Crippen LogP contribution in [0.25, 0.3) is 5.70 Å². The zero-order valence-corrected chi connectivity index (χ0v) is 11.8. The van der Waals surface area contributed by atoms with Gasteiger partial charge in [0.25, 0.3) is 11.3 Å². The molecule has 0 amide bonds. The van der Waals surface area contributed by atoms with Crippen molar-refractivity contribution in [3.05, 3.63) is 34.4 Å². The summed E-state index contributed by atoms with van der Waals surface area (Å²) >= 11 is 4.14. The van der Waals surface area contributed by atoms with Gasteiger partial charge in [-0.05, 0) is 25.0 Å². The summed E-state index contributed by atoms with van der Waals surface area (Å²) in [4.78, 5) is 2.11. The summed E-state index contributed by atoms with van der Waals surface area (Å²) in [6.45, 7) is 2.85. The highest BCUT2D eigenvalue weighted by Gasteiger charge is 2.20. The molecule has 0 saturated carbocycles. The van der Waals surface area contributed by atoms with Gasteiger partial charge in [0.1, 0.15) is 0 Å². The average molecular weight is 287 g/mol. The summed E-state index contributed by atoms with van der Waals surface area (Å²) in [6, 6.07) is 3.77. The number of halogens is 1. The second-order valence-electron chi connectivity index (χ2n) is 4.27. The SMILES string of the molecule is Cc1ccc(Cl)c2c1N(C)CCC=C2NS(=O)O. The molecule has 0 saturated heterocycles. The molecule has 0 bridgehead atoms. The number of benzene rings is 1. The molecule has 0 radical (unpaired) electrons. The number of fused-ring (bicyclic) bond motifs is 1. The van der Waals surface area contributed by atoms with E-state index >= 15 is 0 Å². The van der Waals surface area contributed by atoms with Gasteiger partial charge in [0.05, 0.1) is 16.4 Å². The highest BCUT2D eigenvalue weighted by molar-refractivity contribution is 7.77. The molecule has 0 aromatic heterocycles. The first kappa shape index (κ1) is 13.4. The molecular formula is C12H15ClN2O2S. The predicted octanol–water partition coefficient (Wildman–Crippen LogP) is 2.56. The summed E-state index contributed by atoms with van der Waals surface area (Å²) < 4.78 is 22.5. The van der Waals surface area contributed by atoms with E-state index in [2.05, 4.69) is 9.62 Å². The first-order valence-corrected chi connectivity index (χ1v) is 7.07. The molecule has 1 aliphatic rings. The summed E-state index contributed by atoms with van der Waals surface area (Å²) in [7, 11) is 1.99. The van der Waals surface area contributed by atoms with Gasteiger partial charge in [0.2, 0.25) is 0 Å². The minimum absolute atomic E-state index is 0.577. The number of nitrogens with one attached hydrogen (secondary N) is 1. The van der Waals surface area contributed by atoms with Crippen LogP contribution in [0.5, 0.6) is 0 Å². The van der Waals surface area contributed by atoms with Crippen molar-refractivity contribution >= 4 is 34.3 Å². The van der Waals surface area contributed by atoms with Gasteiger partial charge in [-0.25, -0.2) is 4.21 Å². The van der Waals surface area contributed by atoms with Crippen LogP contribution in [0.1, 0.15) is 17.5 Å². The van der Waals surface area contributed by atoms with E-state index in [9.17, 15) is 4.21 Å². The van der Waals surface area contributed by atoms with Gasteiger partial charge in [0.15, 0.2) is 0 Å². The quantitative estimate of drug-likeness (QED) is 0.822. The Balaban J connectivity index is 2.61. The Labute approximate surface area is 114 Å². The van der Waals surface area contributed by atoms with Crippen molar-refractivity contribution in [2.24, 2.45) is 0 Å². The van der Waals surface area contributed by atoms with Gasteiger partial charge in [-0.3, -0.25) is 9.27 Å².